The second-order valence-corrected chi connectivity index (χ2v) is 8.09. The van der Waals surface area contributed by atoms with Gasteiger partial charge in [-0.25, -0.2) is 4.79 Å². The molecule has 1 aliphatic carbocycles. The van der Waals surface area contributed by atoms with Crippen LogP contribution in [0, 0.1) is 10.1 Å². The lowest BCUT2D eigenvalue weighted by molar-refractivity contribution is -0.384. The Bertz CT molecular complexity index is 962. The molecule has 10 nitrogen and oxygen atoms in total. The average Bonchev–Trinajstić information content (AvgIpc) is 2.93. The van der Waals surface area contributed by atoms with Gasteiger partial charge in [0, 0.05) is 26.2 Å². The summed E-state index contributed by atoms with van der Waals surface area (Å²) in [5.74, 6) is -0.981. The maximum atomic E-state index is 12.9. The van der Waals surface area contributed by atoms with E-state index < -0.39 is 46.4 Å². The first-order valence-corrected chi connectivity index (χ1v) is 10.4. The fraction of sp³-hybridized carbons (Fsp3) is 0.550. The van der Waals surface area contributed by atoms with Gasteiger partial charge in [-0.15, -0.1) is 0 Å². The number of carbonyl (C=O) groups is 3. The van der Waals surface area contributed by atoms with Gasteiger partial charge in [0.1, 0.15) is 17.8 Å². The predicted molar refractivity (Wildman–Crippen MR) is 110 cm³/mol. The molecule has 2 N–H and O–H groups in total. The molecule has 1 aromatic rings. The van der Waals surface area contributed by atoms with E-state index in [1.165, 1.54) is 4.90 Å². The number of hydrogen-bond donors (Lipinski definition) is 2. The third-order valence-corrected chi connectivity index (χ3v) is 6.07. The Hall–Kier alpha value is -3.38. The number of hydrogen-bond acceptors (Lipinski definition) is 6. The summed E-state index contributed by atoms with van der Waals surface area (Å²) in [5.41, 5.74) is -2.91. The number of halogens is 3. The molecule has 180 valence electrons. The minimum atomic E-state index is -4.72. The van der Waals surface area contributed by atoms with Crippen molar-refractivity contribution < 1.29 is 32.5 Å². The van der Waals surface area contributed by atoms with Crippen LogP contribution < -0.4 is 10.6 Å². The van der Waals surface area contributed by atoms with Crippen LogP contribution in [-0.2, 0) is 15.8 Å². The Morgan fingerprint density at radius 2 is 1.85 bits per heavy atom. The molecule has 0 unspecified atom stereocenters. The maximum absolute atomic E-state index is 12.9. The molecule has 0 bridgehead atoms. The zero-order valence-electron chi connectivity index (χ0n) is 17.9. The van der Waals surface area contributed by atoms with E-state index in [0.717, 1.165) is 36.3 Å². The van der Waals surface area contributed by atoms with E-state index in [-0.39, 0.29) is 24.7 Å². The number of imide groups is 1. The molecule has 2 aliphatic rings. The highest BCUT2D eigenvalue weighted by atomic mass is 19.4. The number of alkyl halides is 3. The largest absolute Gasteiger partial charge is 0.416 e. The predicted octanol–water partition coefficient (Wildman–Crippen LogP) is 2.74. The normalized spacial score (nSPS) is 18.1. The van der Waals surface area contributed by atoms with Crippen molar-refractivity contribution in [1.29, 1.82) is 0 Å². The van der Waals surface area contributed by atoms with Crippen molar-refractivity contribution in [3.8, 4) is 0 Å². The average molecular weight is 471 g/mol. The summed E-state index contributed by atoms with van der Waals surface area (Å²) in [7, 11) is 1.56. The highest BCUT2D eigenvalue weighted by molar-refractivity contribution is 6.08. The molecule has 1 saturated heterocycles. The number of nitro benzene ring substituents is 1. The Morgan fingerprint density at radius 1 is 1.18 bits per heavy atom. The number of benzene rings is 1. The van der Waals surface area contributed by atoms with Gasteiger partial charge in [0.25, 0.3) is 11.6 Å². The summed E-state index contributed by atoms with van der Waals surface area (Å²) in [6.45, 7) is -0.512. The van der Waals surface area contributed by atoms with E-state index in [9.17, 15) is 37.7 Å². The van der Waals surface area contributed by atoms with Crippen LogP contribution in [0.15, 0.2) is 18.2 Å². The van der Waals surface area contributed by atoms with E-state index in [4.69, 9.17) is 0 Å². The van der Waals surface area contributed by atoms with E-state index >= 15 is 0 Å². The summed E-state index contributed by atoms with van der Waals surface area (Å²) < 4.78 is 38.3. The van der Waals surface area contributed by atoms with Gasteiger partial charge >= 0.3 is 12.2 Å². The molecule has 4 amide bonds. The lowest BCUT2D eigenvalue weighted by Gasteiger charge is -2.35. The molecule has 1 spiro atoms. The van der Waals surface area contributed by atoms with Crippen molar-refractivity contribution in [3.63, 3.8) is 0 Å². The number of nitrogens with zero attached hydrogens (tertiary/aromatic N) is 3. The lowest BCUT2D eigenvalue weighted by Crippen LogP contribution is -2.49. The first-order chi connectivity index (χ1) is 15.5. The molecule has 13 heteroatoms. The molecule has 0 aromatic heterocycles. The molecule has 1 aliphatic heterocycles. The molecule has 2 fully saturated rings. The Labute approximate surface area is 187 Å². The monoisotopic (exact) mass is 471 g/mol. The number of likely N-dealkylation sites (N-methyl/N-ethyl adjacent to an activating group) is 1. The zero-order chi connectivity index (χ0) is 24.4. The number of carbonyl (C=O) groups excluding carboxylic acids is 3. The smallest absolute Gasteiger partial charge is 0.378 e. The van der Waals surface area contributed by atoms with Gasteiger partial charge in [-0.05, 0) is 25.0 Å². The summed E-state index contributed by atoms with van der Waals surface area (Å²) in [5, 5.41) is 16.2. The van der Waals surface area contributed by atoms with Crippen LogP contribution in [0.1, 0.15) is 37.7 Å². The molecule has 0 atom stereocenters. The fourth-order valence-electron chi connectivity index (χ4n) is 4.28. The molecular weight excluding hydrogens is 447 g/mol. The minimum Gasteiger partial charge on any atom is -0.378 e. The number of anilines is 1. The van der Waals surface area contributed by atoms with E-state index in [0.29, 0.717) is 18.9 Å². The third kappa shape index (κ3) is 4.86. The van der Waals surface area contributed by atoms with Crippen molar-refractivity contribution in [2.75, 3.05) is 32.0 Å². The van der Waals surface area contributed by atoms with Crippen LogP contribution >= 0.6 is 0 Å². The van der Waals surface area contributed by atoms with Crippen molar-refractivity contribution in [2.45, 2.75) is 43.8 Å². The Morgan fingerprint density at radius 3 is 2.45 bits per heavy atom. The van der Waals surface area contributed by atoms with Gasteiger partial charge in [0.05, 0.1) is 10.5 Å². The number of nitro groups is 1. The van der Waals surface area contributed by atoms with Crippen LogP contribution in [0.2, 0.25) is 0 Å². The van der Waals surface area contributed by atoms with Crippen molar-refractivity contribution in [2.24, 2.45) is 0 Å². The van der Waals surface area contributed by atoms with Gasteiger partial charge < -0.3 is 15.5 Å². The van der Waals surface area contributed by atoms with Gasteiger partial charge in [-0.2, -0.15) is 13.2 Å². The number of rotatable bonds is 7. The number of nitrogens with one attached hydrogen (secondary N) is 2. The van der Waals surface area contributed by atoms with E-state index in [1.807, 2.05) is 0 Å². The molecule has 33 heavy (non-hydrogen) atoms. The molecule has 1 saturated carbocycles. The number of urea groups is 1. The molecule has 1 heterocycles. The van der Waals surface area contributed by atoms with Gasteiger partial charge in [0.15, 0.2) is 0 Å². The van der Waals surface area contributed by atoms with Crippen LogP contribution in [-0.4, -0.2) is 64.8 Å². The second-order valence-electron chi connectivity index (χ2n) is 8.09. The minimum absolute atomic E-state index is 0.0241. The van der Waals surface area contributed by atoms with Crippen LogP contribution in [0.4, 0.5) is 29.3 Å². The van der Waals surface area contributed by atoms with Gasteiger partial charge in [0.2, 0.25) is 5.91 Å². The van der Waals surface area contributed by atoms with E-state index in [1.54, 1.807) is 7.05 Å². The highest BCUT2D eigenvalue weighted by Gasteiger charge is 2.55. The van der Waals surface area contributed by atoms with Crippen LogP contribution in [0.5, 0.6) is 0 Å². The van der Waals surface area contributed by atoms with Crippen LogP contribution in [0.25, 0.3) is 0 Å². The quantitative estimate of drug-likeness (QED) is 0.273. The Kier molecular flexibility index (Phi) is 6.79. The summed E-state index contributed by atoms with van der Waals surface area (Å²) in [4.78, 5) is 50.2. The van der Waals surface area contributed by atoms with Crippen molar-refractivity contribution in [1.82, 2.24) is 15.1 Å². The first-order valence-electron chi connectivity index (χ1n) is 10.4. The van der Waals surface area contributed by atoms with Gasteiger partial charge in [-0.3, -0.25) is 24.6 Å². The standard InChI is InChI=1S/C20H24F3N5O5/c1-26-18(31)27(17(30)19(26)7-3-2-4-8-19)12-16(29)25-10-9-24-14-6-5-13(20(21,22)23)11-15(14)28(32)33/h5-6,11,24H,2-4,7-10,12H2,1H3,(H,25,29). The molecule has 3 rings (SSSR count). The summed E-state index contributed by atoms with van der Waals surface area (Å²) >= 11 is 0. The number of amides is 4. The Balaban J connectivity index is 1.54. The molecular formula is C20H24F3N5O5. The molecule has 0 radical (unpaired) electrons. The van der Waals surface area contributed by atoms with Crippen molar-refractivity contribution in [3.05, 3.63) is 33.9 Å². The topological polar surface area (TPSA) is 125 Å². The first kappa shape index (κ1) is 24.3. The zero-order valence-corrected chi connectivity index (χ0v) is 17.9. The van der Waals surface area contributed by atoms with Crippen molar-refractivity contribution >= 4 is 29.2 Å². The van der Waals surface area contributed by atoms with E-state index in [2.05, 4.69) is 10.6 Å². The summed E-state index contributed by atoms with van der Waals surface area (Å²) in [6, 6.07) is 1.57. The highest BCUT2D eigenvalue weighted by Crippen LogP contribution is 2.39. The lowest BCUT2D eigenvalue weighted by atomic mass is 9.81. The summed E-state index contributed by atoms with van der Waals surface area (Å²) in [6.07, 6.45) is -0.964. The van der Waals surface area contributed by atoms with Crippen LogP contribution in [0.3, 0.4) is 0 Å². The fourth-order valence-corrected chi connectivity index (χ4v) is 4.28. The second kappa shape index (κ2) is 9.24. The SMILES string of the molecule is CN1C(=O)N(CC(=O)NCCNc2ccc(C(F)(F)F)cc2[N+](=O)[O-])C(=O)C12CCCCC2. The maximum Gasteiger partial charge on any atom is 0.416 e. The van der Waals surface area contributed by atoms with Gasteiger partial charge in [-0.1, -0.05) is 19.3 Å². The third-order valence-electron chi connectivity index (χ3n) is 6.07. The molecule has 1 aromatic carbocycles.